The molecule has 1 unspecified atom stereocenters. The van der Waals surface area contributed by atoms with Crippen molar-refractivity contribution in [2.75, 3.05) is 20.7 Å². The van der Waals surface area contributed by atoms with E-state index in [1.165, 1.54) is 12.0 Å². The van der Waals surface area contributed by atoms with Gasteiger partial charge in [0.2, 0.25) is 0 Å². The SMILES string of the molecule is COC(=O)[C@]1(O)C[C@@H](C)[NH+](C)C[C@H]1C. The average molecular weight is 202 g/mol. The van der Waals surface area contributed by atoms with Crippen LogP contribution in [0.3, 0.4) is 0 Å². The van der Waals surface area contributed by atoms with Gasteiger partial charge < -0.3 is 14.7 Å². The maximum atomic E-state index is 11.5. The standard InChI is InChI=1S/C10H19NO3/c1-7-6-11(3)8(2)5-10(7,13)9(12)14-4/h7-8,13H,5-6H2,1-4H3/p+1/t7-,8-,10+/m1/s1. The Morgan fingerprint density at radius 1 is 1.57 bits per heavy atom. The van der Waals surface area contributed by atoms with Gasteiger partial charge in [0.05, 0.1) is 26.7 Å². The highest BCUT2D eigenvalue weighted by atomic mass is 16.5. The van der Waals surface area contributed by atoms with Gasteiger partial charge in [0.25, 0.3) is 0 Å². The highest BCUT2D eigenvalue weighted by Crippen LogP contribution is 2.26. The van der Waals surface area contributed by atoms with Crippen LogP contribution in [-0.4, -0.2) is 43.4 Å². The van der Waals surface area contributed by atoms with Crippen molar-refractivity contribution in [3.8, 4) is 0 Å². The van der Waals surface area contributed by atoms with Crippen LogP contribution in [-0.2, 0) is 9.53 Å². The summed E-state index contributed by atoms with van der Waals surface area (Å²) in [6, 6.07) is 0.287. The van der Waals surface area contributed by atoms with E-state index in [1.807, 2.05) is 13.8 Å². The molecule has 0 bridgehead atoms. The highest BCUT2D eigenvalue weighted by molar-refractivity contribution is 5.79. The van der Waals surface area contributed by atoms with Gasteiger partial charge in [0, 0.05) is 12.3 Å². The zero-order valence-electron chi connectivity index (χ0n) is 9.33. The number of nitrogens with one attached hydrogen (secondary N) is 1. The number of carbonyl (C=O) groups excluding carboxylic acids is 1. The molecule has 0 aromatic heterocycles. The summed E-state index contributed by atoms with van der Waals surface area (Å²) >= 11 is 0. The third-order valence-electron chi connectivity index (χ3n) is 3.44. The Bertz CT molecular complexity index is 231. The maximum Gasteiger partial charge on any atom is 0.338 e. The van der Waals surface area contributed by atoms with E-state index in [1.54, 1.807) is 0 Å². The molecule has 0 amide bonds. The lowest BCUT2D eigenvalue weighted by molar-refractivity contribution is -0.915. The van der Waals surface area contributed by atoms with E-state index in [2.05, 4.69) is 11.8 Å². The number of carbonyl (C=O) groups is 1. The Labute approximate surface area is 84.8 Å². The number of esters is 1. The third kappa shape index (κ3) is 1.77. The van der Waals surface area contributed by atoms with Gasteiger partial charge >= 0.3 is 5.97 Å². The van der Waals surface area contributed by atoms with Crippen LogP contribution in [0.4, 0.5) is 0 Å². The van der Waals surface area contributed by atoms with Crippen molar-refractivity contribution in [3.63, 3.8) is 0 Å². The largest absolute Gasteiger partial charge is 0.467 e. The van der Waals surface area contributed by atoms with Crippen molar-refractivity contribution >= 4 is 5.97 Å². The van der Waals surface area contributed by atoms with Gasteiger partial charge in [-0.1, -0.05) is 6.92 Å². The maximum absolute atomic E-state index is 11.5. The molecule has 0 saturated carbocycles. The molecule has 0 aromatic rings. The lowest BCUT2D eigenvalue weighted by Crippen LogP contribution is -3.15. The monoisotopic (exact) mass is 202 g/mol. The normalized spacial score (nSPS) is 43.4. The molecule has 1 aliphatic rings. The van der Waals surface area contributed by atoms with Gasteiger partial charge in [0.1, 0.15) is 0 Å². The molecule has 1 fully saturated rings. The highest BCUT2D eigenvalue weighted by Gasteiger charge is 2.50. The van der Waals surface area contributed by atoms with E-state index in [0.29, 0.717) is 6.42 Å². The fraction of sp³-hybridized carbons (Fsp3) is 0.900. The molecule has 4 atom stereocenters. The second-order valence-electron chi connectivity index (χ2n) is 4.47. The Morgan fingerprint density at radius 3 is 2.64 bits per heavy atom. The minimum absolute atomic E-state index is 0.0499. The molecule has 4 heteroatoms. The predicted octanol–water partition coefficient (Wildman–Crippen LogP) is -1.17. The Kier molecular flexibility index (Phi) is 3.17. The number of aliphatic hydroxyl groups is 1. The van der Waals surface area contributed by atoms with Crippen LogP contribution in [0.25, 0.3) is 0 Å². The quantitative estimate of drug-likeness (QED) is 0.527. The van der Waals surface area contributed by atoms with Crippen LogP contribution >= 0.6 is 0 Å². The third-order valence-corrected chi connectivity index (χ3v) is 3.44. The number of hydrogen-bond acceptors (Lipinski definition) is 3. The molecule has 1 saturated heterocycles. The van der Waals surface area contributed by atoms with Crippen molar-refractivity contribution in [2.24, 2.45) is 5.92 Å². The van der Waals surface area contributed by atoms with Crippen LogP contribution in [0.2, 0.25) is 0 Å². The zero-order chi connectivity index (χ0) is 10.9. The first-order chi connectivity index (χ1) is 6.41. The molecule has 82 valence electrons. The zero-order valence-corrected chi connectivity index (χ0v) is 9.33. The summed E-state index contributed by atoms with van der Waals surface area (Å²) in [7, 11) is 3.40. The number of ether oxygens (including phenoxy) is 1. The van der Waals surface area contributed by atoms with E-state index in [9.17, 15) is 9.90 Å². The number of quaternary nitrogens is 1. The van der Waals surface area contributed by atoms with Crippen molar-refractivity contribution in [1.82, 2.24) is 0 Å². The van der Waals surface area contributed by atoms with Crippen molar-refractivity contribution < 1.29 is 19.5 Å². The van der Waals surface area contributed by atoms with Crippen molar-refractivity contribution in [1.29, 1.82) is 0 Å². The summed E-state index contributed by atoms with van der Waals surface area (Å²) in [5, 5.41) is 10.2. The lowest BCUT2D eigenvalue weighted by Gasteiger charge is -2.41. The second kappa shape index (κ2) is 3.87. The molecule has 4 nitrogen and oxygen atoms in total. The van der Waals surface area contributed by atoms with Gasteiger partial charge in [-0.25, -0.2) is 4.79 Å². The van der Waals surface area contributed by atoms with Gasteiger partial charge in [-0.3, -0.25) is 0 Å². The van der Waals surface area contributed by atoms with E-state index < -0.39 is 11.6 Å². The summed E-state index contributed by atoms with van der Waals surface area (Å²) in [5.41, 5.74) is -1.28. The molecule has 14 heavy (non-hydrogen) atoms. The minimum Gasteiger partial charge on any atom is -0.467 e. The second-order valence-corrected chi connectivity index (χ2v) is 4.47. The van der Waals surface area contributed by atoms with Crippen molar-refractivity contribution in [3.05, 3.63) is 0 Å². The van der Waals surface area contributed by atoms with Gasteiger partial charge in [-0.2, -0.15) is 0 Å². The van der Waals surface area contributed by atoms with Crippen LogP contribution < -0.4 is 4.90 Å². The topological polar surface area (TPSA) is 51.0 Å². The number of methoxy groups -OCH3 is 1. The molecular formula is C10H20NO3+. The van der Waals surface area contributed by atoms with E-state index in [4.69, 9.17) is 0 Å². The smallest absolute Gasteiger partial charge is 0.338 e. The first-order valence-corrected chi connectivity index (χ1v) is 5.05. The Balaban J connectivity index is 2.83. The first-order valence-electron chi connectivity index (χ1n) is 5.05. The minimum atomic E-state index is -1.28. The number of piperidine rings is 1. The van der Waals surface area contributed by atoms with Gasteiger partial charge in [-0.15, -0.1) is 0 Å². The van der Waals surface area contributed by atoms with Crippen LogP contribution in [0.1, 0.15) is 20.3 Å². The molecule has 0 spiro atoms. The first kappa shape index (κ1) is 11.5. The molecule has 1 rings (SSSR count). The molecular weight excluding hydrogens is 182 g/mol. The lowest BCUT2D eigenvalue weighted by atomic mass is 9.79. The molecule has 0 aromatic carbocycles. The molecule has 1 aliphatic heterocycles. The molecule has 0 radical (unpaired) electrons. The number of likely N-dealkylation sites (tertiary alicyclic amines) is 1. The summed E-state index contributed by atoms with van der Waals surface area (Å²) < 4.78 is 4.65. The Hall–Kier alpha value is -0.610. The summed E-state index contributed by atoms with van der Waals surface area (Å²) in [4.78, 5) is 12.8. The average Bonchev–Trinajstić information content (AvgIpc) is 2.13. The van der Waals surface area contributed by atoms with E-state index in [0.717, 1.165) is 6.54 Å². The summed E-state index contributed by atoms with van der Waals surface area (Å²) in [6.45, 7) is 4.73. The predicted molar refractivity (Wildman–Crippen MR) is 52.0 cm³/mol. The van der Waals surface area contributed by atoms with Gasteiger partial charge in [0.15, 0.2) is 5.60 Å². The van der Waals surface area contributed by atoms with Gasteiger partial charge in [-0.05, 0) is 6.92 Å². The number of rotatable bonds is 1. The van der Waals surface area contributed by atoms with Crippen LogP contribution in [0.5, 0.6) is 0 Å². The van der Waals surface area contributed by atoms with E-state index >= 15 is 0 Å². The Morgan fingerprint density at radius 2 is 2.14 bits per heavy atom. The molecule has 2 N–H and O–H groups in total. The molecule has 0 aliphatic carbocycles. The number of hydrogen-bond donors (Lipinski definition) is 2. The van der Waals surface area contributed by atoms with Crippen LogP contribution in [0.15, 0.2) is 0 Å². The fourth-order valence-corrected chi connectivity index (χ4v) is 2.16. The van der Waals surface area contributed by atoms with Crippen LogP contribution in [0, 0.1) is 5.92 Å². The van der Waals surface area contributed by atoms with E-state index in [-0.39, 0.29) is 12.0 Å². The summed E-state index contributed by atoms with van der Waals surface area (Å²) in [6.07, 6.45) is 0.479. The van der Waals surface area contributed by atoms with Crippen molar-refractivity contribution in [2.45, 2.75) is 31.9 Å². The summed E-state index contributed by atoms with van der Waals surface area (Å²) in [5.74, 6) is -0.546. The molecule has 1 heterocycles. The fourth-order valence-electron chi connectivity index (χ4n) is 2.16.